The molecule has 1 aliphatic rings. The molecule has 1 unspecified atom stereocenters. The van der Waals surface area contributed by atoms with Crippen LogP contribution in [0.5, 0.6) is 5.75 Å². The summed E-state index contributed by atoms with van der Waals surface area (Å²) < 4.78 is 0. The normalized spacial score (nSPS) is 19.9. The molecule has 16 heavy (non-hydrogen) atoms. The van der Waals surface area contributed by atoms with Gasteiger partial charge < -0.3 is 10.0 Å². The molecule has 1 N–H and O–H groups in total. The lowest BCUT2D eigenvalue weighted by molar-refractivity contribution is -0.117. The number of amides is 1. The summed E-state index contributed by atoms with van der Waals surface area (Å²) in [4.78, 5) is 13.0. The number of phenols is 1. The van der Waals surface area contributed by atoms with Gasteiger partial charge in [-0.3, -0.25) is 4.79 Å². The number of anilines is 1. The second-order valence-corrected chi connectivity index (χ2v) is 4.10. The molecule has 1 aliphatic heterocycles. The number of rotatable bonds is 1. The highest BCUT2D eigenvalue weighted by Gasteiger charge is 2.31. The maximum absolute atomic E-state index is 11.6. The third-order valence-electron chi connectivity index (χ3n) is 2.54. The number of aromatic hydroxyl groups is 1. The summed E-state index contributed by atoms with van der Waals surface area (Å²) in [6.07, 6.45) is 0.197. The summed E-state index contributed by atoms with van der Waals surface area (Å²) in [6.45, 7) is 0.309. The number of nitriles is 1. The van der Waals surface area contributed by atoms with Crippen LogP contribution in [0.4, 0.5) is 5.69 Å². The molecule has 0 aliphatic carbocycles. The molecular formula is C11H9ClN2O2. The van der Waals surface area contributed by atoms with Crippen molar-refractivity contribution in [2.75, 3.05) is 11.4 Å². The minimum absolute atomic E-state index is 0.00339. The predicted octanol–water partition coefficient (Wildman–Crippen LogP) is 1.92. The molecule has 1 aromatic rings. The van der Waals surface area contributed by atoms with Gasteiger partial charge in [0.1, 0.15) is 5.75 Å². The van der Waals surface area contributed by atoms with Gasteiger partial charge in [0, 0.05) is 18.0 Å². The Bertz CT molecular complexity index is 481. The van der Waals surface area contributed by atoms with Gasteiger partial charge in [-0.2, -0.15) is 5.26 Å². The number of hydrogen-bond donors (Lipinski definition) is 1. The van der Waals surface area contributed by atoms with Gasteiger partial charge in [-0.15, -0.1) is 0 Å². The van der Waals surface area contributed by atoms with Crippen LogP contribution in [-0.2, 0) is 4.79 Å². The molecule has 0 radical (unpaired) electrons. The van der Waals surface area contributed by atoms with Gasteiger partial charge in [0.15, 0.2) is 0 Å². The zero-order valence-electron chi connectivity index (χ0n) is 8.35. The predicted molar refractivity (Wildman–Crippen MR) is 59.2 cm³/mol. The lowest BCUT2D eigenvalue weighted by atomic mass is 10.1. The van der Waals surface area contributed by atoms with Gasteiger partial charge in [0.25, 0.3) is 0 Å². The summed E-state index contributed by atoms with van der Waals surface area (Å²) in [7, 11) is 0. The van der Waals surface area contributed by atoms with E-state index in [-0.39, 0.29) is 24.0 Å². The molecule has 82 valence electrons. The number of phenolic OH excluding ortho intramolecular Hbond substituents is 1. The maximum atomic E-state index is 11.6. The fourth-order valence-electron chi connectivity index (χ4n) is 1.74. The van der Waals surface area contributed by atoms with Crippen LogP contribution in [0.15, 0.2) is 18.2 Å². The van der Waals surface area contributed by atoms with Gasteiger partial charge >= 0.3 is 0 Å². The molecule has 1 saturated heterocycles. The van der Waals surface area contributed by atoms with Crippen molar-refractivity contribution >= 4 is 23.2 Å². The SMILES string of the molecule is N#CC1CC(=O)N(c2cc(Cl)ccc2O)C1. The van der Waals surface area contributed by atoms with Crippen LogP contribution >= 0.6 is 11.6 Å². The molecule has 0 spiro atoms. The van der Waals surface area contributed by atoms with E-state index in [4.69, 9.17) is 16.9 Å². The average Bonchev–Trinajstić information content (AvgIpc) is 2.63. The van der Waals surface area contributed by atoms with Crippen LogP contribution in [0.25, 0.3) is 0 Å². The van der Waals surface area contributed by atoms with Crippen molar-refractivity contribution in [2.24, 2.45) is 5.92 Å². The highest BCUT2D eigenvalue weighted by atomic mass is 35.5. The Morgan fingerprint density at radius 1 is 1.56 bits per heavy atom. The van der Waals surface area contributed by atoms with Gasteiger partial charge in [0.2, 0.25) is 5.91 Å². The first-order chi connectivity index (χ1) is 7.61. The smallest absolute Gasteiger partial charge is 0.228 e. The average molecular weight is 237 g/mol. The number of nitrogens with zero attached hydrogens (tertiary/aromatic N) is 2. The molecule has 0 saturated carbocycles. The highest BCUT2D eigenvalue weighted by Crippen LogP contribution is 2.34. The molecule has 5 heteroatoms. The summed E-state index contributed by atoms with van der Waals surface area (Å²) in [6, 6.07) is 6.55. The van der Waals surface area contributed by atoms with E-state index in [1.54, 1.807) is 6.07 Å². The van der Waals surface area contributed by atoms with E-state index in [2.05, 4.69) is 6.07 Å². The quantitative estimate of drug-likeness (QED) is 0.810. The molecule has 1 amide bonds. The Labute approximate surface area is 97.7 Å². The number of benzene rings is 1. The lowest BCUT2D eigenvalue weighted by Crippen LogP contribution is -2.24. The van der Waals surface area contributed by atoms with E-state index in [1.165, 1.54) is 17.0 Å². The molecular weight excluding hydrogens is 228 g/mol. The highest BCUT2D eigenvalue weighted by molar-refractivity contribution is 6.31. The molecule has 4 nitrogen and oxygen atoms in total. The van der Waals surface area contributed by atoms with E-state index < -0.39 is 0 Å². The third kappa shape index (κ3) is 1.82. The van der Waals surface area contributed by atoms with Crippen molar-refractivity contribution in [1.82, 2.24) is 0 Å². The van der Waals surface area contributed by atoms with Crippen LogP contribution in [0.3, 0.4) is 0 Å². The summed E-state index contributed by atoms with van der Waals surface area (Å²) in [5, 5.41) is 18.8. The summed E-state index contributed by atoms with van der Waals surface area (Å²) in [5.41, 5.74) is 0.371. The largest absolute Gasteiger partial charge is 0.506 e. The molecule has 1 fully saturated rings. The maximum Gasteiger partial charge on any atom is 0.228 e. The Balaban J connectivity index is 2.35. The number of hydrogen-bond acceptors (Lipinski definition) is 3. The second kappa shape index (κ2) is 4.03. The van der Waals surface area contributed by atoms with Crippen molar-refractivity contribution in [2.45, 2.75) is 6.42 Å². The molecule has 0 aromatic heterocycles. The monoisotopic (exact) mass is 236 g/mol. The van der Waals surface area contributed by atoms with Crippen molar-refractivity contribution in [3.63, 3.8) is 0 Å². The first-order valence-corrected chi connectivity index (χ1v) is 5.18. The van der Waals surface area contributed by atoms with E-state index in [1.807, 2.05) is 0 Å². The van der Waals surface area contributed by atoms with E-state index in [0.29, 0.717) is 17.3 Å². The van der Waals surface area contributed by atoms with E-state index in [9.17, 15) is 9.90 Å². The topological polar surface area (TPSA) is 64.3 Å². The second-order valence-electron chi connectivity index (χ2n) is 3.67. The summed E-state index contributed by atoms with van der Waals surface area (Å²) >= 11 is 5.80. The third-order valence-corrected chi connectivity index (χ3v) is 2.77. The fraction of sp³-hybridized carbons (Fsp3) is 0.273. The first-order valence-electron chi connectivity index (χ1n) is 4.80. The van der Waals surface area contributed by atoms with Crippen LogP contribution < -0.4 is 4.90 Å². The van der Waals surface area contributed by atoms with Crippen LogP contribution in [0, 0.1) is 17.2 Å². The molecule has 2 rings (SSSR count). The van der Waals surface area contributed by atoms with Crippen molar-refractivity contribution in [3.05, 3.63) is 23.2 Å². The number of carbonyl (C=O) groups excluding carboxylic acids is 1. The summed E-state index contributed by atoms with van der Waals surface area (Å²) in [5.74, 6) is -0.480. The molecule has 0 bridgehead atoms. The van der Waals surface area contributed by atoms with Crippen molar-refractivity contribution < 1.29 is 9.90 Å². The minimum Gasteiger partial charge on any atom is -0.506 e. The Hall–Kier alpha value is -1.73. The zero-order valence-corrected chi connectivity index (χ0v) is 9.11. The first kappa shape index (κ1) is 10.8. The Kier molecular flexibility index (Phi) is 2.71. The van der Waals surface area contributed by atoms with Crippen LogP contribution in [-0.4, -0.2) is 17.6 Å². The van der Waals surface area contributed by atoms with E-state index in [0.717, 1.165) is 0 Å². The van der Waals surface area contributed by atoms with Crippen LogP contribution in [0.2, 0.25) is 5.02 Å². The molecule has 1 heterocycles. The molecule has 1 atom stereocenters. The standard InChI is InChI=1S/C11H9ClN2O2/c12-8-1-2-10(15)9(4-8)14-6-7(5-13)3-11(14)16/h1-2,4,7,15H,3,6H2. The van der Waals surface area contributed by atoms with E-state index >= 15 is 0 Å². The van der Waals surface area contributed by atoms with Crippen molar-refractivity contribution in [3.8, 4) is 11.8 Å². The minimum atomic E-state index is -0.314. The number of halogens is 1. The van der Waals surface area contributed by atoms with Gasteiger partial charge in [0.05, 0.1) is 17.7 Å². The van der Waals surface area contributed by atoms with Gasteiger partial charge in [-0.25, -0.2) is 0 Å². The lowest BCUT2D eigenvalue weighted by Gasteiger charge is -2.17. The Morgan fingerprint density at radius 2 is 2.31 bits per heavy atom. The fourth-order valence-corrected chi connectivity index (χ4v) is 1.91. The van der Waals surface area contributed by atoms with Crippen LogP contribution in [0.1, 0.15) is 6.42 Å². The van der Waals surface area contributed by atoms with Crippen molar-refractivity contribution in [1.29, 1.82) is 5.26 Å². The van der Waals surface area contributed by atoms with Gasteiger partial charge in [-0.1, -0.05) is 11.6 Å². The van der Waals surface area contributed by atoms with Gasteiger partial charge in [-0.05, 0) is 18.2 Å². The molecule has 1 aromatic carbocycles. The Morgan fingerprint density at radius 3 is 2.94 bits per heavy atom. The zero-order chi connectivity index (χ0) is 11.7. The number of carbonyl (C=O) groups is 1.